The molecule has 1 atom stereocenters. The summed E-state index contributed by atoms with van der Waals surface area (Å²) in [6, 6.07) is -0.198. The van der Waals surface area contributed by atoms with Gasteiger partial charge in [-0.1, -0.05) is 20.8 Å². The van der Waals surface area contributed by atoms with Crippen LogP contribution in [0.1, 0.15) is 40.5 Å². The topological polar surface area (TPSA) is 64.3 Å². The van der Waals surface area contributed by atoms with Crippen molar-refractivity contribution in [2.45, 2.75) is 58.7 Å². The van der Waals surface area contributed by atoms with Gasteiger partial charge in [-0.05, 0) is 25.2 Å². The van der Waals surface area contributed by atoms with Gasteiger partial charge in [0.2, 0.25) is 5.91 Å². The first-order valence-electron chi connectivity index (χ1n) is 6.02. The first kappa shape index (κ1) is 13.5. The third-order valence-corrected chi connectivity index (χ3v) is 3.06. The largest absolute Gasteiger partial charge is 0.378 e. The minimum absolute atomic E-state index is 0.0487. The molecule has 4 heteroatoms. The highest BCUT2D eigenvalue weighted by atomic mass is 16.5. The summed E-state index contributed by atoms with van der Waals surface area (Å²) in [5.74, 6) is -0.0487. The standard InChI is InChI=1S/C12H24N2O2/c1-5-16-9-6-8(7-9)14-11(15)10(13)12(2,3)4/h8-10H,5-7,13H2,1-4H3,(H,14,15)/t8?,9?,10-/m0/s1. The SMILES string of the molecule is CCOC1CC(NC(=O)[C@H](N)C(C)(C)C)C1. The van der Waals surface area contributed by atoms with Gasteiger partial charge in [0.1, 0.15) is 0 Å². The zero-order valence-electron chi connectivity index (χ0n) is 10.7. The maximum atomic E-state index is 11.8. The Bertz CT molecular complexity index is 242. The lowest BCUT2D eigenvalue weighted by Gasteiger charge is -2.37. The van der Waals surface area contributed by atoms with Gasteiger partial charge in [0, 0.05) is 12.6 Å². The van der Waals surface area contributed by atoms with Gasteiger partial charge in [0.05, 0.1) is 12.1 Å². The van der Waals surface area contributed by atoms with Crippen molar-refractivity contribution in [2.75, 3.05) is 6.61 Å². The molecule has 0 aromatic rings. The van der Waals surface area contributed by atoms with Crippen LogP contribution < -0.4 is 11.1 Å². The summed E-state index contributed by atoms with van der Waals surface area (Å²) >= 11 is 0. The Morgan fingerprint density at radius 2 is 2.06 bits per heavy atom. The van der Waals surface area contributed by atoms with E-state index < -0.39 is 6.04 Å². The highest BCUT2D eigenvalue weighted by molar-refractivity contribution is 5.82. The Balaban J connectivity index is 2.27. The Labute approximate surface area is 97.9 Å². The number of carbonyl (C=O) groups is 1. The lowest BCUT2D eigenvalue weighted by Crippen LogP contribution is -2.55. The average Bonchev–Trinajstić information content (AvgIpc) is 2.11. The van der Waals surface area contributed by atoms with Gasteiger partial charge >= 0.3 is 0 Å². The quantitative estimate of drug-likeness (QED) is 0.755. The number of nitrogens with two attached hydrogens (primary N) is 1. The molecule has 0 aliphatic heterocycles. The fourth-order valence-electron chi connectivity index (χ4n) is 1.74. The first-order chi connectivity index (χ1) is 7.34. The monoisotopic (exact) mass is 228 g/mol. The van der Waals surface area contributed by atoms with Crippen LogP contribution in [0.2, 0.25) is 0 Å². The van der Waals surface area contributed by atoms with E-state index >= 15 is 0 Å². The molecule has 4 nitrogen and oxygen atoms in total. The number of nitrogens with one attached hydrogen (secondary N) is 1. The van der Waals surface area contributed by atoms with Crippen LogP contribution in [-0.2, 0) is 9.53 Å². The molecule has 0 heterocycles. The van der Waals surface area contributed by atoms with Gasteiger partial charge in [0.25, 0.3) is 0 Å². The summed E-state index contributed by atoms with van der Waals surface area (Å²) in [6.45, 7) is 8.65. The van der Waals surface area contributed by atoms with E-state index in [0.29, 0.717) is 6.10 Å². The van der Waals surface area contributed by atoms with Crippen molar-refractivity contribution >= 4 is 5.91 Å². The molecule has 0 aromatic carbocycles. The fourth-order valence-corrected chi connectivity index (χ4v) is 1.74. The second-order valence-electron chi connectivity index (χ2n) is 5.60. The molecule has 94 valence electrons. The first-order valence-corrected chi connectivity index (χ1v) is 6.02. The summed E-state index contributed by atoms with van der Waals surface area (Å²) in [6.07, 6.45) is 2.15. The molecule has 3 N–H and O–H groups in total. The van der Waals surface area contributed by atoms with Crippen LogP contribution in [0.15, 0.2) is 0 Å². The second kappa shape index (κ2) is 5.15. The minimum atomic E-state index is -0.446. The molecule has 1 fully saturated rings. The van der Waals surface area contributed by atoms with Crippen molar-refractivity contribution in [3.63, 3.8) is 0 Å². The second-order valence-corrected chi connectivity index (χ2v) is 5.60. The van der Waals surface area contributed by atoms with Crippen LogP contribution in [-0.4, -0.2) is 30.7 Å². The van der Waals surface area contributed by atoms with Crippen molar-refractivity contribution in [3.8, 4) is 0 Å². The lowest BCUT2D eigenvalue weighted by atomic mass is 9.85. The van der Waals surface area contributed by atoms with Crippen LogP contribution >= 0.6 is 0 Å². The molecule has 16 heavy (non-hydrogen) atoms. The predicted molar refractivity (Wildman–Crippen MR) is 64.0 cm³/mol. The van der Waals surface area contributed by atoms with Gasteiger partial charge in [-0.2, -0.15) is 0 Å². The molecule has 1 rings (SSSR count). The summed E-state index contributed by atoms with van der Waals surface area (Å²) in [4.78, 5) is 11.8. The summed E-state index contributed by atoms with van der Waals surface area (Å²) in [7, 11) is 0. The number of carbonyl (C=O) groups excluding carboxylic acids is 1. The van der Waals surface area contributed by atoms with E-state index in [9.17, 15) is 4.79 Å². The van der Waals surface area contributed by atoms with E-state index in [1.54, 1.807) is 0 Å². The van der Waals surface area contributed by atoms with E-state index in [2.05, 4.69) is 5.32 Å². The van der Waals surface area contributed by atoms with Crippen molar-refractivity contribution in [1.29, 1.82) is 0 Å². The van der Waals surface area contributed by atoms with Crippen LogP contribution in [0.5, 0.6) is 0 Å². The smallest absolute Gasteiger partial charge is 0.237 e. The van der Waals surface area contributed by atoms with Gasteiger partial charge in [-0.25, -0.2) is 0 Å². The zero-order chi connectivity index (χ0) is 12.3. The summed E-state index contributed by atoms with van der Waals surface area (Å²) in [5, 5.41) is 2.97. The number of rotatable bonds is 4. The lowest BCUT2D eigenvalue weighted by molar-refractivity contribution is -0.127. The van der Waals surface area contributed by atoms with Gasteiger partial charge < -0.3 is 15.8 Å². The third-order valence-electron chi connectivity index (χ3n) is 3.06. The molecule has 0 radical (unpaired) electrons. The Hall–Kier alpha value is -0.610. The number of hydrogen-bond donors (Lipinski definition) is 2. The van der Waals surface area contributed by atoms with E-state index in [1.165, 1.54) is 0 Å². The zero-order valence-corrected chi connectivity index (χ0v) is 10.7. The predicted octanol–water partition coefficient (Wildman–Crippen LogP) is 1.04. The molecule has 0 aromatic heterocycles. The van der Waals surface area contributed by atoms with E-state index in [-0.39, 0.29) is 17.4 Å². The van der Waals surface area contributed by atoms with Crippen LogP contribution in [0, 0.1) is 5.41 Å². The maximum absolute atomic E-state index is 11.8. The molecule has 1 saturated carbocycles. The molecule has 1 aliphatic rings. The van der Waals surface area contributed by atoms with E-state index in [1.807, 2.05) is 27.7 Å². The normalized spacial score (nSPS) is 27.1. The third kappa shape index (κ3) is 3.46. The summed E-state index contributed by atoms with van der Waals surface area (Å²) < 4.78 is 5.43. The molecule has 0 bridgehead atoms. The molecule has 0 spiro atoms. The van der Waals surface area contributed by atoms with Gasteiger partial charge in [-0.15, -0.1) is 0 Å². The Kier molecular flexibility index (Phi) is 4.33. The number of hydrogen-bond acceptors (Lipinski definition) is 3. The minimum Gasteiger partial charge on any atom is -0.378 e. The van der Waals surface area contributed by atoms with Crippen LogP contribution in [0.25, 0.3) is 0 Å². The van der Waals surface area contributed by atoms with E-state index in [0.717, 1.165) is 19.4 Å². The fraction of sp³-hybridized carbons (Fsp3) is 0.917. The summed E-state index contributed by atoms with van der Waals surface area (Å²) in [5.41, 5.74) is 5.68. The average molecular weight is 228 g/mol. The molecule has 1 aliphatic carbocycles. The van der Waals surface area contributed by atoms with Crippen LogP contribution in [0.4, 0.5) is 0 Å². The van der Waals surface area contributed by atoms with Crippen molar-refractivity contribution in [3.05, 3.63) is 0 Å². The highest BCUT2D eigenvalue weighted by Crippen LogP contribution is 2.24. The van der Waals surface area contributed by atoms with E-state index in [4.69, 9.17) is 10.5 Å². The van der Waals surface area contributed by atoms with Crippen molar-refractivity contribution < 1.29 is 9.53 Å². The Morgan fingerprint density at radius 1 is 1.50 bits per heavy atom. The molecule has 0 saturated heterocycles. The van der Waals surface area contributed by atoms with Gasteiger partial charge in [0.15, 0.2) is 0 Å². The van der Waals surface area contributed by atoms with Gasteiger partial charge in [-0.3, -0.25) is 4.79 Å². The molecular formula is C12H24N2O2. The van der Waals surface area contributed by atoms with Crippen molar-refractivity contribution in [1.82, 2.24) is 5.32 Å². The van der Waals surface area contributed by atoms with Crippen molar-refractivity contribution in [2.24, 2.45) is 11.1 Å². The molecule has 1 amide bonds. The molecule has 0 unspecified atom stereocenters. The maximum Gasteiger partial charge on any atom is 0.237 e. The number of amides is 1. The molecular weight excluding hydrogens is 204 g/mol. The highest BCUT2D eigenvalue weighted by Gasteiger charge is 2.34. The number of ether oxygens (including phenoxy) is 1. The van der Waals surface area contributed by atoms with Crippen LogP contribution in [0.3, 0.4) is 0 Å². The Morgan fingerprint density at radius 3 is 2.50 bits per heavy atom.